The molecule has 1 aliphatic heterocycles. The number of benzene rings is 1. The minimum atomic E-state index is -0.157. The summed E-state index contributed by atoms with van der Waals surface area (Å²) in [5.41, 5.74) is 3.46. The van der Waals surface area contributed by atoms with E-state index in [0.717, 1.165) is 23.6 Å². The van der Waals surface area contributed by atoms with Gasteiger partial charge in [0.1, 0.15) is 11.8 Å². The molecule has 8 nitrogen and oxygen atoms in total. The van der Waals surface area contributed by atoms with Crippen LogP contribution in [0.2, 0.25) is 0 Å². The van der Waals surface area contributed by atoms with Crippen molar-refractivity contribution in [2.75, 3.05) is 31.0 Å². The van der Waals surface area contributed by atoms with Crippen LogP contribution >= 0.6 is 12.2 Å². The zero-order valence-corrected chi connectivity index (χ0v) is 20.3. The van der Waals surface area contributed by atoms with Crippen LogP contribution in [0.4, 0.5) is 11.4 Å². The van der Waals surface area contributed by atoms with Crippen molar-refractivity contribution < 1.29 is 14.3 Å². The lowest BCUT2D eigenvalue weighted by atomic mass is 10.0. The summed E-state index contributed by atoms with van der Waals surface area (Å²) in [6.45, 7) is 3.13. The molecule has 9 heteroatoms. The number of hydrogen-bond donors (Lipinski definition) is 2. The van der Waals surface area contributed by atoms with Gasteiger partial charge in [0.05, 0.1) is 31.1 Å². The highest BCUT2D eigenvalue weighted by Gasteiger charge is 2.42. The lowest BCUT2D eigenvalue weighted by Gasteiger charge is -2.29. The molecule has 2 N–H and O–H groups in total. The maximum atomic E-state index is 11.9. The standard InChI is InChI=1S/C25H29N5O3S/c1-4-22(31)27-18-11-10-17(16-21(18)33-3)30-24(20-9-7-13-29(20)14-15-32-2)23(28-25(30)34)19-8-5-6-12-26-19/h5-13,16,23-24H,4,14-15H2,1-3H3,(H,27,31)(H,28,34). The van der Waals surface area contributed by atoms with Gasteiger partial charge >= 0.3 is 0 Å². The van der Waals surface area contributed by atoms with Crippen molar-refractivity contribution in [1.82, 2.24) is 14.9 Å². The number of nitrogens with zero attached hydrogens (tertiary/aromatic N) is 3. The van der Waals surface area contributed by atoms with Crippen LogP contribution < -0.4 is 20.3 Å². The number of ether oxygens (including phenoxy) is 2. The van der Waals surface area contributed by atoms with E-state index < -0.39 is 0 Å². The first kappa shape index (κ1) is 23.7. The summed E-state index contributed by atoms with van der Waals surface area (Å²) in [6, 6.07) is 15.4. The van der Waals surface area contributed by atoms with Crippen molar-refractivity contribution in [3.8, 4) is 5.75 Å². The summed E-state index contributed by atoms with van der Waals surface area (Å²) in [5.74, 6) is 0.491. The zero-order chi connectivity index (χ0) is 24.1. The van der Waals surface area contributed by atoms with E-state index >= 15 is 0 Å². The lowest BCUT2D eigenvalue weighted by molar-refractivity contribution is -0.115. The Labute approximate surface area is 204 Å². The normalized spacial score (nSPS) is 17.5. The van der Waals surface area contributed by atoms with Gasteiger partial charge in [0.15, 0.2) is 5.11 Å². The molecule has 178 valence electrons. The molecular formula is C25H29N5O3S. The third kappa shape index (κ3) is 4.76. The molecule has 4 rings (SSSR count). The minimum absolute atomic E-state index is 0.0755. The van der Waals surface area contributed by atoms with E-state index in [1.165, 1.54) is 0 Å². The van der Waals surface area contributed by atoms with Gasteiger partial charge in [-0.15, -0.1) is 0 Å². The zero-order valence-electron chi connectivity index (χ0n) is 19.5. The molecule has 0 radical (unpaired) electrons. The first-order valence-electron chi connectivity index (χ1n) is 11.2. The predicted octanol–water partition coefficient (Wildman–Crippen LogP) is 4.06. The van der Waals surface area contributed by atoms with E-state index in [0.29, 0.717) is 29.6 Å². The monoisotopic (exact) mass is 479 g/mol. The van der Waals surface area contributed by atoms with Crippen LogP contribution in [-0.4, -0.2) is 41.4 Å². The molecule has 0 spiro atoms. The van der Waals surface area contributed by atoms with Crippen LogP contribution in [0.3, 0.4) is 0 Å². The molecular weight excluding hydrogens is 450 g/mol. The number of hydrogen-bond acceptors (Lipinski definition) is 5. The SMILES string of the molecule is CCC(=O)Nc1ccc(N2C(=S)NC(c3ccccn3)C2c2cccn2CCOC)cc1OC. The molecule has 3 heterocycles. The van der Waals surface area contributed by atoms with Crippen molar-refractivity contribution in [3.63, 3.8) is 0 Å². The van der Waals surface area contributed by atoms with Gasteiger partial charge in [-0.25, -0.2) is 0 Å². The first-order chi connectivity index (χ1) is 16.6. The van der Waals surface area contributed by atoms with Crippen LogP contribution in [0.1, 0.15) is 36.8 Å². The number of rotatable bonds is 9. The van der Waals surface area contributed by atoms with E-state index in [1.54, 1.807) is 20.4 Å². The molecule has 1 fully saturated rings. The summed E-state index contributed by atoms with van der Waals surface area (Å²) in [5, 5.41) is 6.95. The van der Waals surface area contributed by atoms with Crippen LogP contribution in [0.25, 0.3) is 0 Å². The fourth-order valence-electron chi connectivity index (χ4n) is 4.19. The number of anilines is 2. The minimum Gasteiger partial charge on any atom is -0.494 e. The average molecular weight is 480 g/mol. The molecule has 0 bridgehead atoms. The largest absolute Gasteiger partial charge is 0.494 e. The molecule has 1 amide bonds. The molecule has 2 atom stereocenters. The summed E-state index contributed by atoms with van der Waals surface area (Å²) < 4.78 is 13.1. The van der Waals surface area contributed by atoms with E-state index in [2.05, 4.69) is 31.2 Å². The van der Waals surface area contributed by atoms with Crippen LogP contribution in [-0.2, 0) is 16.1 Å². The Kier molecular flexibility index (Phi) is 7.44. The Hall–Kier alpha value is -3.43. The van der Waals surface area contributed by atoms with Crippen molar-refractivity contribution in [3.05, 3.63) is 72.3 Å². The Morgan fingerprint density at radius 1 is 1.21 bits per heavy atom. The van der Waals surface area contributed by atoms with Gasteiger partial charge in [0.2, 0.25) is 5.91 Å². The summed E-state index contributed by atoms with van der Waals surface area (Å²) in [6.07, 6.45) is 4.22. The second-order valence-corrected chi connectivity index (χ2v) is 8.29. The molecule has 2 unspecified atom stereocenters. The number of pyridine rings is 1. The highest BCUT2D eigenvalue weighted by molar-refractivity contribution is 7.80. The van der Waals surface area contributed by atoms with E-state index in [1.807, 2.05) is 55.6 Å². The van der Waals surface area contributed by atoms with Gasteiger partial charge in [0, 0.05) is 49.9 Å². The van der Waals surface area contributed by atoms with Gasteiger partial charge in [0.25, 0.3) is 0 Å². The fourth-order valence-corrected chi connectivity index (χ4v) is 4.54. The van der Waals surface area contributed by atoms with E-state index in [9.17, 15) is 4.79 Å². The number of carbonyl (C=O) groups excluding carboxylic acids is 1. The quantitative estimate of drug-likeness (QED) is 0.448. The number of methoxy groups -OCH3 is 2. The third-order valence-corrected chi connectivity index (χ3v) is 6.18. The molecule has 0 aliphatic carbocycles. The summed E-state index contributed by atoms with van der Waals surface area (Å²) in [4.78, 5) is 18.6. The van der Waals surface area contributed by atoms with E-state index in [-0.39, 0.29) is 18.0 Å². The molecule has 2 aromatic heterocycles. The summed E-state index contributed by atoms with van der Waals surface area (Å²) >= 11 is 5.82. The van der Waals surface area contributed by atoms with Crippen LogP contribution in [0.15, 0.2) is 60.9 Å². The van der Waals surface area contributed by atoms with Crippen LogP contribution in [0.5, 0.6) is 5.75 Å². The number of aromatic nitrogens is 2. The first-order valence-corrected chi connectivity index (χ1v) is 11.6. The van der Waals surface area contributed by atoms with Gasteiger partial charge < -0.3 is 29.6 Å². The van der Waals surface area contributed by atoms with Crippen molar-refractivity contribution in [2.45, 2.75) is 32.0 Å². The molecule has 1 aliphatic rings. The van der Waals surface area contributed by atoms with Gasteiger partial charge in [-0.05, 0) is 48.6 Å². The number of thiocarbonyl (C=S) groups is 1. The predicted molar refractivity (Wildman–Crippen MR) is 136 cm³/mol. The van der Waals surface area contributed by atoms with Gasteiger partial charge in [-0.3, -0.25) is 9.78 Å². The second-order valence-electron chi connectivity index (χ2n) is 7.90. The van der Waals surface area contributed by atoms with Crippen molar-refractivity contribution in [2.24, 2.45) is 0 Å². The van der Waals surface area contributed by atoms with Crippen LogP contribution in [0, 0.1) is 0 Å². The Bertz CT molecular complexity index is 1150. The highest BCUT2D eigenvalue weighted by atomic mass is 32.1. The molecule has 34 heavy (non-hydrogen) atoms. The average Bonchev–Trinajstić information content (AvgIpc) is 3.47. The van der Waals surface area contributed by atoms with Gasteiger partial charge in [-0.1, -0.05) is 13.0 Å². The Morgan fingerprint density at radius 2 is 2.06 bits per heavy atom. The molecule has 1 aromatic carbocycles. The summed E-state index contributed by atoms with van der Waals surface area (Å²) in [7, 11) is 3.29. The Morgan fingerprint density at radius 3 is 2.76 bits per heavy atom. The third-order valence-electron chi connectivity index (χ3n) is 5.86. The molecule has 0 saturated carbocycles. The number of carbonyl (C=O) groups is 1. The van der Waals surface area contributed by atoms with Crippen molar-refractivity contribution >= 4 is 34.6 Å². The highest BCUT2D eigenvalue weighted by Crippen LogP contribution is 2.43. The fraction of sp³-hybridized carbons (Fsp3) is 0.320. The number of nitrogens with one attached hydrogen (secondary N) is 2. The topological polar surface area (TPSA) is 80.7 Å². The smallest absolute Gasteiger partial charge is 0.224 e. The maximum absolute atomic E-state index is 11.9. The molecule has 3 aromatic rings. The van der Waals surface area contributed by atoms with E-state index in [4.69, 9.17) is 21.7 Å². The number of amides is 1. The maximum Gasteiger partial charge on any atom is 0.224 e. The second kappa shape index (κ2) is 10.7. The lowest BCUT2D eigenvalue weighted by Crippen LogP contribution is -2.30. The molecule has 1 saturated heterocycles. The Balaban J connectivity index is 1.78. The van der Waals surface area contributed by atoms with Crippen molar-refractivity contribution in [1.29, 1.82) is 0 Å². The van der Waals surface area contributed by atoms with Gasteiger partial charge in [-0.2, -0.15) is 0 Å².